The van der Waals surface area contributed by atoms with Crippen LogP contribution in [0.15, 0.2) is 12.2 Å². The van der Waals surface area contributed by atoms with E-state index in [0.717, 1.165) is 25.7 Å². The standard InChI is InChI=1S/C18H34O2/c1-2-3-4-5-6-7-8-9-10-11-12-13-14-15-16-17-18(19)20/h10-11H,2-9,12-17H2,1H3,(H,19,20)/b11-10+. The molecule has 0 aliphatic rings. The summed E-state index contributed by atoms with van der Waals surface area (Å²) in [6, 6.07) is 0. The Kier molecular flexibility index (Phi) is 15.6. The van der Waals surface area contributed by atoms with E-state index in [0.29, 0.717) is 6.42 Å². The lowest BCUT2D eigenvalue weighted by atomic mass is 10.1. The molecule has 0 aliphatic heterocycles. The van der Waals surface area contributed by atoms with E-state index >= 15 is 0 Å². The van der Waals surface area contributed by atoms with Crippen molar-refractivity contribution in [1.82, 2.24) is 0 Å². The first kappa shape index (κ1) is 19.2. The van der Waals surface area contributed by atoms with Crippen LogP contribution in [-0.4, -0.2) is 11.1 Å². The summed E-state index contributed by atoms with van der Waals surface area (Å²) in [6.07, 6.45) is 21.2. The highest BCUT2D eigenvalue weighted by atomic mass is 16.4. The van der Waals surface area contributed by atoms with E-state index in [1.165, 1.54) is 57.8 Å². The third-order valence-corrected chi connectivity index (χ3v) is 3.65. The Morgan fingerprint density at radius 3 is 1.70 bits per heavy atom. The van der Waals surface area contributed by atoms with Crippen LogP contribution in [0.1, 0.15) is 96.8 Å². The summed E-state index contributed by atoms with van der Waals surface area (Å²) in [5.74, 6) is -0.667. The van der Waals surface area contributed by atoms with Gasteiger partial charge in [0.05, 0.1) is 0 Å². The van der Waals surface area contributed by atoms with Crippen LogP contribution in [0.4, 0.5) is 0 Å². The predicted octanol–water partition coefficient (Wildman–Crippen LogP) is 6.11. The van der Waals surface area contributed by atoms with E-state index in [9.17, 15) is 4.79 Å². The Hall–Kier alpha value is -0.790. The first-order chi connectivity index (χ1) is 9.77. The van der Waals surface area contributed by atoms with Crippen LogP contribution in [0.25, 0.3) is 0 Å². The fraction of sp³-hybridized carbons (Fsp3) is 0.833. The molecular weight excluding hydrogens is 248 g/mol. The maximum atomic E-state index is 10.3. The molecule has 118 valence electrons. The van der Waals surface area contributed by atoms with Gasteiger partial charge in [-0.05, 0) is 32.1 Å². The fourth-order valence-corrected chi connectivity index (χ4v) is 2.35. The summed E-state index contributed by atoms with van der Waals surface area (Å²) in [6.45, 7) is 2.26. The van der Waals surface area contributed by atoms with Crippen molar-refractivity contribution in [1.29, 1.82) is 0 Å². The van der Waals surface area contributed by atoms with Crippen LogP contribution in [0, 0.1) is 0 Å². The van der Waals surface area contributed by atoms with Gasteiger partial charge in [0.15, 0.2) is 0 Å². The maximum absolute atomic E-state index is 10.3. The molecule has 0 aromatic carbocycles. The van der Waals surface area contributed by atoms with Gasteiger partial charge in [0.1, 0.15) is 0 Å². The predicted molar refractivity (Wildman–Crippen MR) is 87.1 cm³/mol. The van der Waals surface area contributed by atoms with E-state index in [1.54, 1.807) is 0 Å². The first-order valence-electron chi connectivity index (χ1n) is 8.64. The molecule has 0 heterocycles. The third-order valence-electron chi connectivity index (χ3n) is 3.65. The SMILES string of the molecule is CCCCCCCCC/C=C/CCCCCCC(=O)O. The maximum Gasteiger partial charge on any atom is 0.303 e. The summed E-state index contributed by atoms with van der Waals surface area (Å²) in [4.78, 5) is 10.3. The van der Waals surface area contributed by atoms with Gasteiger partial charge in [-0.3, -0.25) is 4.79 Å². The van der Waals surface area contributed by atoms with Gasteiger partial charge >= 0.3 is 5.97 Å². The molecule has 0 bridgehead atoms. The third kappa shape index (κ3) is 17.2. The highest BCUT2D eigenvalue weighted by Gasteiger charge is 1.95. The second-order valence-corrected chi connectivity index (χ2v) is 5.73. The Bertz CT molecular complexity index is 234. The summed E-state index contributed by atoms with van der Waals surface area (Å²) >= 11 is 0. The number of carbonyl (C=O) groups is 1. The highest BCUT2D eigenvalue weighted by molar-refractivity contribution is 5.66. The average Bonchev–Trinajstić information content (AvgIpc) is 2.43. The van der Waals surface area contributed by atoms with E-state index in [1.807, 2.05) is 0 Å². The normalized spacial score (nSPS) is 11.2. The van der Waals surface area contributed by atoms with Crippen LogP contribution >= 0.6 is 0 Å². The lowest BCUT2D eigenvalue weighted by Gasteiger charge is -1.99. The summed E-state index contributed by atoms with van der Waals surface area (Å²) < 4.78 is 0. The van der Waals surface area contributed by atoms with Gasteiger partial charge in [0.25, 0.3) is 0 Å². The molecule has 2 heteroatoms. The minimum Gasteiger partial charge on any atom is -0.481 e. The Balaban J connectivity index is 3.07. The second-order valence-electron chi connectivity index (χ2n) is 5.73. The largest absolute Gasteiger partial charge is 0.481 e. The van der Waals surface area contributed by atoms with Gasteiger partial charge in [0, 0.05) is 6.42 Å². The van der Waals surface area contributed by atoms with Crippen molar-refractivity contribution in [2.75, 3.05) is 0 Å². The fourth-order valence-electron chi connectivity index (χ4n) is 2.35. The van der Waals surface area contributed by atoms with Gasteiger partial charge < -0.3 is 5.11 Å². The lowest BCUT2D eigenvalue weighted by molar-refractivity contribution is -0.137. The molecular formula is C18H34O2. The minimum absolute atomic E-state index is 0.327. The zero-order chi connectivity index (χ0) is 14.9. The van der Waals surface area contributed by atoms with Crippen LogP contribution < -0.4 is 0 Å². The highest BCUT2D eigenvalue weighted by Crippen LogP contribution is 2.09. The topological polar surface area (TPSA) is 37.3 Å². The monoisotopic (exact) mass is 282 g/mol. The molecule has 20 heavy (non-hydrogen) atoms. The molecule has 2 nitrogen and oxygen atoms in total. The molecule has 0 spiro atoms. The lowest BCUT2D eigenvalue weighted by Crippen LogP contribution is -1.93. The Morgan fingerprint density at radius 1 is 0.750 bits per heavy atom. The van der Waals surface area contributed by atoms with Crippen molar-refractivity contribution in [3.8, 4) is 0 Å². The van der Waals surface area contributed by atoms with E-state index in [4.69, 9.17) is 5.11 Å². The van der Waals surface area contributed by atoms with Crippen LogP contribution in [-0.2, 0) is 4.79 Å². The zero-order valence-electron chi connectivity index (χ0n) is 13.4. The molecule has 0 fully saturated rings. The molecule has 0 aliphatic carbocycles. The van der Waals surface area contributed by atoms with Crippen molar-refractivity contribution >= 4 is 5.97 Å². The number of unbranched alkanes of at least 4 members (excludes halogenated alkanes) is 11. The molecule has 0 saturated heterocycles. The number of hydrogen-bond acceptors (Lipinski definition) is 1. The van der Waals surface area contributed by atoms with Gasteiger partial charge in [0.2, 0.25) is 0 Å². The van der Waals surface area contributed by atoms with Crippen LogP contribution in [0.3, 0.4) is 0 Å². The Morgan fingerprint density at radius 2 is 1.20 bits per heavy atom. The second kappa shape index (κ2) is 16.3. The number of carboxylic acid groups (broad SMARTS) is 1. The van der Waals surface area contributed by atoms with Crippen molar-refractivity contribution < 1.29 is 9.90 Å². The van der Waals surface area contributed by atoms with Crippen molar-refractivity contribution in [2.45, 2.75) is 96.8 Å². The van der Waals surface area contributed by atoms with E-state index in [2.05, 4.69) is 19.1 Å². The van der Waals surface area contributed by atoms with E-state index in [-0.39, 0.29) is 0 Å². The van der Waals surface area contributed by atoms with Crippen molar-refractivity contribution in [2.24, 2.45) is 0 Å². The number of aliphatic carboxylic acids is 1. The summed E-state index contributed by atoms with van der Waals surface area (Å²) in [7, 11) is 0. The molecule has 0 rings (SSSR count). The van der Waals surface area contributed by atoms with Gasteiger partial charge in [-0.2, -0.15) is 0 Å². The first-order valence-corrected chi connectivity index (χ1v) is 8.64. The Labute approximate surface area is 125 Å². The smallest absolute Gasteiger partial charge is 0.303 e. The van der Waals surface area contributed by atoms with Crippen LogP contribution in [0.2, 0.25) is 0 Å². The number of allylic oxidation sites excluding steroid dienone is 2. The van der Waals surface area contributed by atoms with Gasteiger partial charge in [-0.25, -0.2) is 0 Å². The average molecular weight is 282 g/mol. The summed E-state index contributed by atoms with van der Waals surface area (Å²) in [5.41, 5.74) is 0. The van der Waals surface area contributed by atoms with E-state index < -0.39 is 5.97 Å². The molecule has 0 atom stereocenters. The molecule has 0 radical (unpaired) electrons. The molecule has 0 unspecified atom stereocenters. The zero-order valence-corrected chi connectivity index (χ0v) is 13.4. The quantitative estimate of drug-likeness (QED) is 0.291. The number of carboxylic acids is 1. The van der Waals surface area contributed by atoms with Crippen molar-refractivity contribution in [3.63, 3.8) is 0 Å². The molecule has 0 saturated carbocycles. The number of hydrogen-bond donors (Lipinski definition) is 1. The molecule has 1 N–H and O–H groups in total. The van der Waals surface area contributed by atoms with Crippen LogP contribution in [0.5, 0.6) is 0 Å². The molecule has 0 aromatic heterocycles. The molecule has 0 aromatic rings. The number of rotatable bonds is 15. The minimum atomic E-state index is -0.667. The van der Waals surface area contributed by atoms with Crippen molar-refractivity contribution in [3.05, 3.63) is 12.2 Å². The molecule has 0 amide bonds. The van der Waals surface area contributed by atoms with Gasteiger partial charge in [-0.15, -0.1) is 0 Å². The summed E-state index contributed by atoms with van der Waals surface area (Å²) in [5, 5.41) is 8.51. The van der Waals surface area contributed by atoms with Gasteiger partial charge in [-0.1, -0.05) is 70.4 Å².